The predicted molar refractivity (Wildman–Crippen MR) is 104 cm³/mol. The van der Waals surface area contributed by atoms with Crippen LogP contribution in [0.25, 0.3) is 0 Å². The third-order valence-corrected chi connectivity index (χ3v) is 6.03. The van der Waals surface area contributed by atoms with Crippen LogP contribution in [0.1, 0.15) is 49.4 Å². The van der Waals surface area contributed by atoms with E-state index in [4.69, 9.17) is 39.5 Å². The van der Waals surface area contributed by atoms with E-state index in [9.17, 15) is 4.79 Å². The first-order chi connectivity index (χ1) is 12.2. The molecule has 1 aliphatic rings. The van der Waals surface area contributed by atoms with Crippen LogP contribution in [0, 0.1) is 0 Å². The Kier molecular flexibility index (Phi) is 5.42. The van der Waals surface area contributed by atoms with Gasteiger partial charge in [0.1, 0.15) is 0 Å². The normalized spacial score (nSPS) is 17.5. The number of ether oxygens (including phenoxy) is 1. The molecule has 3 rings (SSSR count). The molecular formula is C18H20Cl3N3O2. The second-order valence-corrected chi connectivity index (χ2v) is 9.13. The Bertz CT molecular complexity index is 785. The smallest absolute Gasteiger partial charge is 0.412 e. The number of alkyl halides is 3. The summed E-state index contributed by atoms with van der Waals surface area (Å²) in [7, 11) is 0. The van der Waals surface area contributed by atoms with Crippen molar-refractivity contribution >= 4 is 46.6 Å². The number of H-pyrrole nitrogens is 1. The van der Waals surface area contributed by atoms with Gasteiger partial charge in [-0.2, -0.15) is 0 Å². The van der Waals surface area contributed by atoms with Crippen LogP contribution >= 0.6 is 34.8 Å². The first-order valence-electron chi connectivity index (χ1n) is 8.36. The van der Waals surface area contributed by atoms with E-state index in [1.54, 1.807) is 20.2 Å². The molecule has 1 heterocycles. The second-order valence-electron chi connectivity index (χ2n) is 6.85. The topological polar surface area (TPSA) is 67.0 Å². The first-order valence-corrected chi connectivity index (χ1v) is 9.49. The molecule has 0 aliphatic heterocycles. The number of nitrogens with zero attached hydrogens (tertiary/aromatic N) is 1. The van der Waals surface area contributed by atoms with Gasteiger partial charge >= 0.3 is 6.09 Å². The zero-order valence-corrected chi connectivity index (χ0v) is 16.8. The molecule has 26 heavy (non-hydrogen) atoms. The molecule has 0 bridgehead atoms. The van der Waals surface area contributed by atoms with Gasteiger partial charge in [-0.25, -0.2) is 9.78 Å². The van der Waals surface area contributed by atoms with Gasteiger partial charge in [0.05, 0.1) is 6.33 Å². The summed E-state index contributed by atoms with van der Waals surface area (Å²) < 4.78 is 3.60. The largest absolute Gasteiger partial charge is 0.439 e. The molecule has 1 aromatic carbocycles. The lowest BCUT2D eigenvalue weighted by Crippen LogP contribution is -2.42. The zero-order chi connectivity index (χ0) is 18.9. The molecule has 1 unspecified atom stereocenters. The third kappa shape index (κ3) is 3.95. The lowest BCUT2D eigenvalue weighted by atomic mass is 9.80. The van der Waals surface area contributed by atoms with Crippen molar-refractivity contribution in [3.05, 3.63) is 47.5 Å². The van der Waals surface area contributed by atoms with Gasteiger partial charge in [-0.05, 0) is 50.3 Å². The summed E-state index contributed by atoms with van der Waals surface area (Å²) in [4.78, 5) is 19.7. The Labute approximate surface area is 167 Å². The molecule has 1 amide bonds. The van der Waals surface area contributed by atoms with Gasteiger partial charge in [0, 0.05) is 23.5 Å². The number of imidazole rings is 1. The fourth-order valence-corrected chi connectivity index (χ4v) is 3.29. The number of nitrogens with one attached hydrogen (secondary N) is 2. The molecule has 2 N–H and O–H groups in total. The Morgan fingerprint density at radius 3 is 2.77 bits per heavy atom. The summed E-state index contributed by atoms with van der Waals surface area (Å²) in [5.74, 6) is 0.233. The van der Waals surface area contributed by atoms with Crippen molar-refractivity contribution in [2.75, 3.05) is 5.32 Å². The number of aromatic amines is 1. The number of aromatic nitrogens is 2. The zero-order valence-electron chi connectivity index (χ0n) is 14.5. The Hall–Kier alpha value is -1.43. The minimum absolute atomic E-state index is 0.233. The second kappa shape index (κ2) is 7.29. The molecule has 140 valence electrons. The van der Waals surface area contributed by atoms with Crippen LogP contribution in [0.3, 0.4) is 0 Å². The number of hydrogen-bond acceptors (Lipinski definition) is 3. The molecule has 0 saturated heterocycles. The summed E-state index contributed by atoms with van der Waals surface area (Å²) in [5.41, 5.74) is 2.80. The van der Waals surface area contributed by atoms with E-state index < -0.39 is 15.5 Å². The summed E-state index contributed by atoms with van der Waals surface area (Å²) in [6, 6.07) is 5.86. The maximum absolute atomic E-state index is 12.3. The van der Waals surface area contributed by atoms with E-state index in [1.807, 2.05) is 18.3 Å². The lowest BCUT2D eigenvalue weighted by molar-refractivity contribution is 0.0519. The molecule has 2 aromatic rings. The molecule has 0 spiro atoms. The number of hydrogen-bond donors (Lipinski definition) is 2. The maximum Gasteiger partial charge on any atom is 0.412 e. The van der Waals surface area contributed by atoms with Crippen molar-refractivity contribution in [3.63, 3.8) is 0 Å². The first kappa shape index (κ1) is 19.3. The highest BCUT2D eigenvalue weighted by Crippen LogP contribution is 2.41. The minimum Gasteiger partial charge on any atom is -0.439 e. The number of amides is 1. The fourth-order valence-electron chi connectivity index (χ4n) is 3.17. The quantitative estimate of drug-likeness (QED) is 0.642. The average molecular weight is 417 g/mol. The van der Waals surface area contributed by atoms with Crippen LogP contribution in [0.4, 0.5) is 10.5 Å². The summed E-state index contributed by atoms with van der Waals surface area (Å²) >= 11 is 17.6. The third-order valence-electron chi connectivity index (χ3n) is 4.67. The van der Waals surface area contributed by atoms with Crippen LogP contribution in [0.15, 0.2) is 30.7 Å². The highest BCUT2D eigenvalue weighted by atomic mass is 35.6. The van der Waals surface area contributed by atoms with Gasteiger partial charge in [-0.15, -0.1) is 0 Å². The predicted octanol–water partition coefficient (Wildman–Crippen LogP) is 5.58. The van der Waals surface area contributed by atoms with E-state index in [0.717, 1.165) is 36.2 Å². The van der Waals surface area contributed by atoms with Crippen LogP contribution in [0.2, 0.25) is 0 Å². The van der Waals surface area contributed by atoms with Crippen molar-refractivity contribution in [3.8, 4) is 0 Å². The molecule has 0 saturated carbocycles. The summed E-state index contributed by atoms with van der Waals surface area (Å²) in [6.45, 7) is 3.10. The molecule has 1 aromatic heterocycles. The van der Waals surface area contributed by atoms with Crippen molar-refractivity contribution in [2.24, 2.45) is 0 Å². The van der Waals surface area contributed by atoms with Gasteiger partial charge in [-0.1, -0.05) is 46.9 Å². The number of anilines is 1. The molecule has 1 aliphatic carbocycles. The highest BCUT2D eigenvalue weighted by Gasteiger charge is 2.44. The van der Waals surface area contributed by atoms with Gasteiger partial charge in [0.2, 0.25) is 3.79 Å². The van der Waals surface area contributed by atoms with Crippen molar-refractivity contribution < 1.29 is 9.53 Å². The molecule has 0 fully saturated rings. The van der Waals surface area contributed by atoms with Gasteiger partial charge in [0.15, 0.2) is 5.60 Å². The number of rotatable bonds is 3. The molecule has 8 heteroatoms. The van der Waals surface area contributed by atoms with E-state index >= 15 is 0 Å². The standard InChI is InChI=1S/C18H20Cl3N3O2/c1-17(2,18(19,20)21)26-16(25)24-14-8-4-5-11-12(14)6-3-7-13(11)15-9-22-10-23-15/h4-5,8-10,13H,3,6-7H2,1-2H3,(H,22,23)(H,24,25). The number of benzene rings is 1. The number of fused-ring (bicyclic) bond motifs is 1. The minimum atomic E-state index is -1.73. The highest BCUT2D eigenvalue weighted by molar-refractivity contribution is 6.68. The molecular weight excluding hydrogens is 397 g/mol. The van der Waals surface area contributed by atoms with E-state index in [2.05, 4.69) is 21.4 Å². The van der Waals surface area contributed by atoms with Crippen molar-refractivity contribution in [1.29, 1.82) is 0 Å². The summed E-state index contributed by atoms with van der Waals surface area (Å²) in [5, 5.41) is 2.80. The maximum atomic E-state index is 12.3. The van der Waals surface area contributed by atoms with Crippen LogP contribution < -0.4 is 5.32 Å². The Morgan fingerprint density at radius 2 is 2.12 bits per heavy atom. The van der Waals surface area contributed by atoms with Crippen LogP contribution in [-0.4, -0.2) is 25.5 Å². The fraction of sp³-hybridized carbons (Fsp3) is 0.444. The van der Waals surface area contributed by atoms with E-state index in [0.29, 0.717) is 0 Å². The monoisotopic (exact) mass is 415 g/mol. The van der Waals surface area contributed by atoms with Crippen molar-refractivity contribution in [2.45, 2.75) is 48.4 Å². The van der Waals surface area contributed by atoms with E-state index in [-0.39, 0.29) is 5.92 Å². The Morgan fingerprint density at radius 1 is 1.35 bits per heavy atom. The SMILES string of the molecule is CC(C)(OC(=O)Nc1cccc2c1CCCC2c1cnc[nH]1)C(Cl)(Cl)Cl. The average Bonchev–Trinajstić information content (AvgIpc) is 3.07. The van der Waals surface area contributed by atoms with E-state index in [1.165, 1.54) is 5.56 Å². The molecule has 1 atom stereocenters. The lowest BCUT2D eigenvalue weighted by Gasteiger charge is -2.32. The molecule has 5 nitrogen and oxygen atoms in total. The number of carbonyl (C=O) groups is 1. The Balaban J connectivity index is 1.82. The van der Waals surface area contributed by atoms with Gasteiger partial charge < -0.3 is 9.72 Å². The van der Waals surface area contributed by atoms with Gasteiger partial charge in [0.25, 0.3) is 0 Å². The summed E-state index contributed by atoms with van der Waals surface area (Å²) in [6.07, 6.45) is 5.80. The number of carbonyl (C=O) groups excluding carboxylic acids is 1. The van der Waals surface area contributed by atoms with Crippen molar-refractivity contribution in [1.82, 2.24) is 9.97 Å². The van der Waals surface area contributed by atoms with Crippen LogP contribution in [-0.2, 0) is 11.2 Å². The number of halogens is 3. The van der Waals surface area contributed by atoms with Gasteiger partial charge in [-0.3, -0.25) is 5.32 Å². The molecule has 0 radical (unpaired) electrons. The van der Waals surface area contributed by atoms with Crippen LogP contribution in [0.5, 0.6) is 0 Å².